The molecule has 0 fully saturated rings. The van der Waals surface area contributed by atoms with E-state index in [2.05, 4.69) is 5.10 Å². The van der Waals surface area contributed by atoms with Crippen LogP contribution in [0.5, 0.6) is 5.75 Å². The van der Waals surface area contributed by atoms with E-state index in [1.54, 1.807) is 42.3 Å². The van der Waals surface area contributed by atoms with Crippen LogP contribution >= 0.6 is 0 Å². The first-order chi connectivity index (χ1) is 8.65. The van der Waals surface area contributed by atoms with Crippen LogP contribution in [0.1, 0.15) is 28.5 Å². The SMILES string of the molecule is CCc1nn(C)cc1C(=O)c1ccc(OC)cc1. The maximum Gasteiger partial charge on any atom is 0.196 e. The molecule has 0 radical (unpaired) electrons. The molecule has 2 aromatic rings. The number of carbonyl (C=O) groups excluding carboxylic acids is 1. The molecule has 0 aliphatic rings. The van der Waals surface area contributed by atoms with Crippen LogP contribution in [0.4, 0.5) is 0 Å². The summed E-state index contributed by atoms with van der Waals surface area (Å²) in [5.41, 5.74) is 2.15. The number of rotatable bonds is 4. The molecule has 0 unspecified atom stereocenters. The molecule has 94 valence electrons. The summed E-state index contributed by atoms with van der Waals surface area (Å²) in [5, 5.41) is 4.28. The van der Waals surface area contributed by atoms with Gasteiger partial charge in [-0.2, -0.15) is 5.10 Å². The number of aryl methyl sites for hydroxylation is 2. The number of benzene rings is 1. The first-order valence-electron chi connectivity index (χ1n) is 5.87. The van der Waals surface area contributed by atoms with Gasteiger partial charge in [0.1, 0.15) is 5.75 Å². The van der Waals surface area contributed by atoms with Gasteiger partial charge in [-0.05, 0) is 30.7 Å². The largest absolute Gasteiger partial charge is 0.497 e. The molecule has 0 amide bonds. The maximum absolute atomic E-state index is 12.3. The van der Waals surface area contributed by atoms with E-state index >= 15 is 0 Å². The Kier molecular flexibility index (Phi) is 3.46. The van der Waals surface area contributed by atoms with E-state index in [0.717, 1.165) is 17.9 Å². The van der Waals surface area contributed by atoms with Crippen molar-refractivity contribution in [3.05, 3.63) is 47.3 Å². The summed E-state index contributed by atoms with van der Waals surface area (Å²) in [5.74, 6) is 0.746. The fourth-order valence-corrected chi connectivity index (χ4v) is 1.88. The summed E-state index contributed by atoms with van der Waals surface area (Å²) < 4.78 is 6.75. The molecule has 2 rings (SSSR count). The van der Waals surface area contributed by atoms with Crippen molar-refractivity contribution in [2.24, 2.45) is 7.05 Å². The molecule has 1 aromatic carbocycles. The van der Waals surface area contributed by atoms with E-state index in [9.17, 15) is 4.79 Å². The molecule has 0 atom stereocenters. The van der Waals surface area contributed by atoms with Crippen molar-refractivity contribution in [1.29, 1.82) is 0 Å². The maximum atomic E-state index is 12.3. The molecule has 4 heteroatoms. The number of aromatic nitrogens is 2. The quantitative estimate of drug-likeness (QED) is 0.775. The Labute approximate surface area is 106 Å². The predicted octanol–water partition coefficient (Wildman–Crippen LogP) is 2.22. The molecule has 1 aromatic heterocycles. The van der Waals surface area contributed by atoms with Crippen molar-refractivity contribution in [1.82, 2.24) is 9.78 Å². The van der Waals surface area contributed by atoms with Gasteiger partial charge in [-0.3, -0.25) is 9.48 Å². The first kappa shape index (κ1) is 12.4. The van der Waals surface area contributed by atoms with Crippen molar-refractivity contribution in [3.8, 4) is 5.75 Å². The Bertz CT molecular complexity index is 556. The smallest absolute Gasteiger partial charge is 0.196 e. The molecule has 18 heavy (non-hydrogen) atoms. The van der Waals surface area contributed by atoms with Gasteiger partial charge in [0.15, 0.2) is 5.78 Å². The van der Waals surface area contributed by atoms with E-state index in [1.807, 2.05) is 14.0 Å². The van der Waals surface area contributed by atoms with Gasteiger partial charge in [0.05, 0.1) is 18.4 Å². The van der Waals surface area contributed by atoms with Crippen molar-refractivity contribution >= 4 is 5.78 Å². The van der Waals surface area contributed by atoms with E-state index < -0.39 is 0 Å². The molecular weight excluding hydrogens is 228 g/mol. The second-order valence-electron chi connectivity index (χ2n) is 4.07. The minimum Gasteiger partial charge on any atom is -0.497 e. The lowest BCUT2D eigenvalue weighted by atomic mass is 10.0. The summed E-state index contributed by atoms with van der Waals surface area (Å²) in [7, 11) is 3.43. The number of nitrogens with zero attached hydrogens (tertiary/aromatic N) is 2. The highest BCUT2D eigenvalue weighted by atomic mass is 16.5. The van der Waals surface area contributed by atoms with Gasteiger partial charge in [-0.1, -0.05) is 6.92 Å². The molecule has 4 nitrogen and oxygen atoms in total. The predicted molar refractivity (Wildman–Crippen MR) is 69.0 cm³/mol. The Balaban J connectivity index is 2.34. The molecule has 0 N–H and O–H groups in total. The number of hydrogen-bond donors (Lipinski definition) is 0. The van der Waals surface area contributed by atoms with Gasteiger partial charge >= 0.3 is 0 Å². The fourth-order valence-electron chi connectivity index (χ4n) is 1.88. The van der Waals surface area contributed by atoms with Gasteiger partial charge in [0.2, 0.25) is 0 Å². The summed E-state index contributed by atoms with van der Waals surface area (Å²) in [6.45, 7) is 1.99. The lowest BCUT2D eigenvalue weighted by molar-refractivity contribution is 0.103. The molecule has 0 aliphatic carbocycles. The molecule has 1 heterocycles. The monoisotopic (exact) mass is 244 g/mol. The van der Waals surface area contributed by atoms with Crippen LogP contribution < -0.4 is 4.74 Å². The zero-order valence-electron chi connectivity index (χ0n) is 10.8. The second-order valence-corrected chi connectivity index (χ2v) is 4.07. The van der Waals surface area contributed by atoms with Crippen molar-refractivity contribution < 1.29 is 9.53 Å². The van der Waals surface area contributed by atoms with E-state index in [1.165, 1.54) is 0 Å². The van der Waals surface area contributed by atoms with Crippen LogP contribution in [0.2, 0.25) is 0 Å². The molecule has 0 bridgehead atoms. The standard InChI is InChI=1S/C14H16N2O2/c1-4-13-12(9-16(2)15-13)14(17)10-5-7-11(18-3)8-6-10/h5-9H,4H2,1-3H3. The van der Waals surface area contributed by atoms with Gasteiger partial charge in [-0.15, -0.1) is 0 Å². The van der Waals surface area contributed by atoms with Gasteiger partial charge < -0.3 is 4.74 Å². The lowest BCUT2D eigenvalue weighted by Gasteiger charge is -2.02. The van der Waals surface area contributed by atoms with E-state index in [0.29, 0.717) is 11.1 Å². The fraction of sp³-hybridized carbons (Fsp3) is 0.286. The number of ether oxygens (including phenoxy) is 1. The van der Waals surface area contributed by atoms with Crippen molar-refractivity contribution in [2.75, 3.05) is 7.11 Å². The Morgan fingerprint density at radius 2 is 2.00 bits per heavy atom. The van der Waals surface area contributed by atoms with E-state index in [4.69, 9.17) is 4.74 Å². The number of ketones is 1. The third kappa shape index (κ3) is 2.27. The minimum atomic E-state index is 0.00241. The van der Waals surface area contributed by atoms with Crippen LogP contribution in [-0.2, 0) is 13.5 Å². The van der Waals surface area contributed by atoms with Crippen LogP contribution in [0.15, 0.2) is 30.5 Å². The molecule has 0 aliphatic heterocycles. The van der Waals surface area contributed by atoms with Crippen LogP contribution in [0, 0.1) is 0 Å². The first-order valence-corrected chi connectivity index (χ1v) is 5.87. The van der Waals surface area contributed by atoms with Crippen molar-refractivity contribution in [2.45, 2.75) is 13.3 Å². The zero-order chi connectivity index (χ0) is 13.1. The number of hydrogen-bond acceptors (Lipinski definition) is 3. The Hall–Kier alpha value is -2.10. The highest BCUT2D eigenvalue weighted by molar-refractivity contribution is 6.09. The van der Waals surface area contributed by atoms with E-state index in [-0.39, 0.29) is 5.78 Å². The second kappa shape index (κ2) is 5.04. The number of methoxy groups -OCH3 is 1. The molecule has 0 saturated heterocycles. The Morgan fingerprint density at radius 3 is 2.56 bits per heavy atom. The third-order valence-electron chi connectivity index (χ3n) is 2.84. The summed E-state index contributed by atoms with van der Waals surface area (Å²) >= 11 is 0. The topological polar surface area (TPSA) is 44.1 Å². The van der Waals surface area contributed by atoms with Gasteiger partial charge in [0, 0.05) is 18.8 Å². The van der Waals surface area contributed by atoms with Gasteiger partial charge in [0.25, 0.3) is 0 Å². The average molecular weight is 244 g/mol. The summed E-state index contributed by atoms with van der Waals surface area (Å²) in [6.07, 6.45) is 2.52. The minimum absolute atomic E-state index is 0.00241. The summed E-state index contributed by atoms with van der Waals surface area (Å²) in [6, 6.07) is 7.12. The average Bonchev–Trinajstić information content (AvgIpc) is 2.79. The summed E-state index contributed by atoms with van der Waals surface area (Å²) in [4.78, 5) is 12.3. The molecule has 0 saturated carbocycles. The zero-order valence-corrected chi connectivity index (χ0v) is 10.8. The van der Waals surface area contributed by atoms with Crippen LogP contribution in [-0.4, -0.2) is 22.7 Å². The van der Waals surface area contributed by atoms with Crippen molar-refractivity contribution in [3.63, 3.8) is 0 Å². The highest BCUT2D eigenvalue weighted by Gasteiger charge is 2.16. The molecule has 0 spiro atoms. The van der Waals surface area contributed by atoms with Crippen LogP contribution in [0.25, 0.3) is 0 Å². The number of carbonyl (C=O) groups is 1. The Morgan fingerprint density at radius 1 is 1.33 bits per heavy atom. The third-order valence-corrected chi connectivity index (χ3v) is 2.84. The normalized spacial score (nSPS) is 10.4. The van der Waals surface area contributed by atoms with Crippen LogP contribution in [0.3, 0.4) is 0 Å². The highest BCUT2D eigenvalue weighted by Crippen LogP contribution is 2.17. The lowest BCUT2D eigenvalue weighted by Crippen LogP contribution is -2.03. The molecular formula is C14H16N2O2. The van der Waals surface area contributed by atoms with Gasteiger partial charge in [-0.25, -0.2) is 0 Å².